The molecule has 5 heteroatoms. The van der Waals surface area contributed by atoms with Crippen LogP contribution in [0.4, 0.5) is 0 Å². The van der Waals surface area contributed by atoms with E-state index in [4.69, 9.17) is 11.6 Å². The molecule has 2 N–H and O–H groups in total. The predicted molar refractivity (Wildman–Crippen MR) is 81.6 cm³/mol. The van der Waals surface area contributed by atoms with Crippen molar-refractivity contribution in [1.82, 2.24) is 5.32 Å². The van der Waals surface area contributed by atoms with Gasteiger partial charge in [-0.15, -0.1) is 0 Å². The molecule has 0 fully saturated rings. The number of hydrogen-bond donors (Lipinski definition) is 2. The molecule has 19 heavy (non-hydrogen) atoms. The molecule has 1 aromatic carbocycles. The average molecular weight is 349 g/mol. The van der Waals surface area contributed by atoms with Crippen molar-refractivity contribution in [2.24, 2.45) is 5.41 Å². The van der Waals surface area contributed by atoms with Crippen LogP contribution in [0.1, 0.15) is 37.0 Å². The Balaban J connectivity index is 2.77. The number of halogens is 2. The van der Waals surface area contributed by atoms with E-state index in [0.717, 1.165) is 17.3 Å². The van der Waals surface area contributed by atoms with Crippen LogP contribution in [0.25, 0.3) is 0 Å². The highest BCUT2D eigenvalue weighted by atomic mass is 79.9. The van der Waals surface area contributed by atoms with E-state index >= 15 is 0 Å². The minimum Gasteiger partial charge on any atom is -0.396 e. The number of hydrogen-bond acceptors (Lipinski definition) is 2. The van der Waals surface area contributed by atoms with Crippen LogP contribution in [0.2, 0.25) is 5.02 Å². The highest BCUT2D eigenvalue weighted by Gasteiger charge is 2.26. The maximum absolute atomic E-state index is 12.1. The van der Waals surface area contributed by atoms with Crippen LogP contribution >= 0.6 is 27.5 Å². The number of benzene rings is 1. The Hall–Kier alpha value is -0.580. The van der Waals surface area contributed by atoms with E-state index in [1.165, 1.54) is 0 Å². The van der Waals surface area contributed by atoms with Crippen molar-refractivity contribution < 1.29 is 9.90 Å². The molecule has 106 valence electrons. The summed E-state index contributed by atoms with van der Waals surface area (Å²) < 4.78 is 0.807. The lowest BCUT2D eigenvalue weighted by atomic mass is 9.83. The SMILES string of the molecule is CCC(CC)(CO)CNC(=O)c1cc(Br)ccc1Cl. The third-order valence-corrected chi connectivity index (χ3v) is 4.46. The molecule has 0 saturated heterocycles. The minimum absolute atomic E-state index is 0.0620. The van der Waals surface area contributed by atoms with Gasteiger partial charge in [0.2, 0.25) is 0 Å². The highest BCUT2D eigenvalue weighted by Crippen LogP contribution is 2.25. The van der Waals surface area contributed by atoms with E-state index in [1.807, 2.05) is 13.8 Å². The van der Waals surface area contributed by atoms with Crippen LogP contribution in [0.3, 0.4) is 0 Å². The maximum atomic E-state index is 12.1. The third-order valence-electron chi connectivity index (χ3n) is 3.63. The molecule has 0 aliphatic rings. The Kier molecular flexibility index (Phi) is 6.30. The Labute approximate surface area is 127 Å². The fourth-order valence-corrected chi connectivity index (χ4v) is 2.38. The predicted octanol–water partition coefficient (Wildman–Crippen LogP) is 3.63. The molecule has 0 atom stereocenters. The fourth-order valence-electron chi connectivity index (χ4n) is 1.81. The monoisotopic (exact) mass is 347 g/mol. The summed E-state index contributed by atoms with van der Waals surface area (Å²) in [7, 11) is 0. The van der Waals surface area contributed by atoms with Gasteiger partial charge in [0.05, 0.1) is 17.2 Å². The molecule has 0 unspecified atom stereocenters. The summed E-state index contributed by atoms with van der Waals surface area (Å²) in [5.74, 6) is -0.217. The summed E-state index contributed by atoms with van der Waals surface area (Å²) in [5.41, 5.74) is 0.184. The van der Waals surface area contributed by atoms with Crippen molar-refractivity contribution in [2.75, 3.05) is 13.2 Å². The van der Waals surface area contributed by atoms with Gasteiger partial charge in [-0.3, -0.25) is 4.79 Å². The molecule has 0 aliphatic heterocycles. The van der Waals surface area contributed by atoms with Gasteiger partial charge in [-0.25, -0.2) is 0 Å². The second-order valence-corrected chi connectivity index (χ2v) is 5.99. The van der Waals surface area contributed by atoms with E-state index in [1.54, 1.807) is 18.2 Å². The topological polar surface area (TPSA) is 49.3 Å². The molecule has 0 radical (unpaired) electrons. The maximum Gasteiger partial charge on any atom is 0.252 e. The summed E-state index contributed by atoms with van der Waals surface area (Å²) in [5, 5.41) is 12.8. The van der Waals surface area contributed by atoms with Crippen LogP contribution in [-0.2, 0) is 0 Å². The summed E-state index contributed by atoms with van der Waals surface area (Å²) in [6.07, 6.45) is 1.62. The summed E-state index contributed by atoms with van der Waals surface area (Å²) in [6.45, 7) is 4.53. The lowest BCUT2D eigenvalue weighted by Crippen LogP contribution is -2.39. The van der Waals surface area contributed by atoms with Crippen molar-refractivity contribution >= 4 is 33.4 Å². The average Bonchev–Trinajstić information content (AvgIpc) is 2.43. The van der Waals surface area contributed by atoms with Gasteiger partial charge in [0.1, 0.15) is 0 Å². The van der Waals surface area contributed by atoms with Gasteiger partial charge >= 0.3 is 0 Å². The first kappa shape index (κ1) is 16.5. The number of amides is 1. The molecule has 0 heterocycles. The number of carbonyl (C=O) groups excluding carboxylic acids is 1. The zero-order chi connectivity index (χ0) is 14.5. The molecule has 1 aromatic rings. The largest absolute Gasteiger partial charge is 0.396 e. The molecular formula is C14H19BrClNO2. The van der Waals surface area contributed by atoms with Crippen molar-refractivity contribution in [3.63, 3.8) is 0 Å². The Morgan fingerprint density at radius 3 is 2.58 bits per heavy atom. The van der Waals surface area contributed by atoms with Crippen LogP contribution in [0, 0.1) is 5.41 Å². The standard InChI is InChI=1S/C14H19BrClNO2/c1-3-14(4-2,9-18)8-17-13(19)11-7-10(15)5-6-12(11)16/h5-7,18H,3-4,8-9H2,1-2H3,(H,17,19). The Morgan fingerprint density at radius 2 is 2.05 bits per heavy atom. The van der Waals surface area contributed by atoms with Gasteiger partial charge in [-0.1, -0.05) is 41.4 Å². The summed E-state index contributed by atoms with van der Waals surface area (Å²) in [6, 6.07) is 5.16. The lowest BCUT2D eigenvalue weighted by molar-refractivity contribution is 0.0851. The van der Waals surface area contributed by atoms with E-state index < -0.39 is 0 Å². The van der Waals surface area contributed by atoms with Gasteiger partial charge in [0.25, 0.3) is 5.91 Å². The second kappa shape index (κ2) is 7.27. The second-order valence-electron chi connectivity index (χ2n) is 4.67. The molecule has 0 saturated carbocycles. The Bertz CT molecular complexity index is 439. The molecule has 1 amide bonds. The molecule has 0 bridgehead atoms. The van der Waals surface area contributed by atoms with Crippen LogP contribution < -0.4 is 5.32 Å². The first-order valence-electron chi connectivity index (χ1n) is 6.32. The number of aliphatic hydroxyl groups excluding tert-OH is 1. The van der Waals surface area contributed by atoms with Gasteiger partial charge in [0.15, 0.2) is 0 Å². The zero-order valence-electron chi connectivity index (χ0n) is 11.2. The smallest absolute Gasteiger partial charge is 0.252 e. The van der Waals surface area contributed by atoms with E-state index in [0.29, 0.717) is 17.1 Å². The third kappa shape index (κ3) is 4.20. The molecule has 0 aromatic heterocycles. The van der Waals surface area contributed by atoms with Gasteiger partial charge < -0.3 is 10.4 Å². The zero-order valence-corrected chi connectivity index (χ0v) is 13.5. The summed E-state index contributed by atoms with van der Waals surface area (Å²) >= 11 is 9.33. The van der Waals surface area contributed by atoms with Crippen molar-refractivity contribution in [3.05, 3.63) is 33.3 Å². The summed E-state index contributed by atoms with van der Waals surface area (Å²) in [4.78, 5) is 12.1. The molecule has 1 rings (SSSR count). The normalized spacial score (nSPS) is 11.4. The number of nitrogens with one attached hydrogen (secondary N) is 1. The highest BCUT2D eigenvalue weighted by molar-refractivity contribution is 9.10. The van der Waals surface area contributed by atoms with E-state index in [2.05, 4.69) is 21.2 Å². The van der Waals surface area contributed by atoms with Crippen molar-refractivity contribution in [3.8, 4) is 0 Å². The number of aliphatic hydroxyl groups is 1. The first-order valence-corrected chi connectivity index (χ1v) is 7.49. The van der Waals surface area contributed by atoms with Crippen LogP contribution in [0.15, 0.2) is 22.7 Å². The van der Waals surface area contributed by atoms with Crippen molar-refractivity contribution in [1.29, 1.82) is 0 Å². The number of rotatable bonds is 6. The van der Waals surface area contributed by atoms with Crippen molar-refractivity contribution in [2.45, 2.75) is 26.7 Å². The van der Waals surface area contributed by atoms with E-state index in [9.17, 15) is 9.90 Å². The van der Waals surface area contributed by atoms with Gasteiger partial charge in [-0.2, -0.15) is 0 Å². The molecule has 3 nitrogen and oxygen atoms in total. The van der Waals surface area contributed by atoms with E-state index in [-0.39, 0.29) is 17.9 Å². The number of carbonyl (C=O) groups is 1. The molecule has 0 aliphatic carbocycles. The first-order chi connectivity index (χ1) is 8.98. The quantitative estimate of drug-likeness (QED) is 0.824. The fraction of sp³-hybridized carbons (Fsp3) is 0.500. The van der Waals surface area contributed by atoms with Gasteiger partial charge in [0, 0.05) is 16.4 Å². The molecular weight excluding hydrogens is 330 g/mol. The molecule has 0 spiro atoms. The van der Waals surface area contributed by atoms with Crippen LogP contribution in [-0.4, -0.2) is 24.2 Å². The Morgan fingerprint density at radius 1 is 1.42 bits per heavy atom. The lowest BCUT2D eigenvalue weighted by Gasteiger charge is -2.29. The van der Waals surface area contributed by atoms with Gasteiger partial charge in [-0.05, 0) is 31.0 Å². The van der Waals surface area contributed by atoms with Crippen LogP contribution in [0.5, 0.6) is 0 Å². The minimum atomic E-state index is -0.256.